The van der Waals surface area contributed by atoms with E-state index in [2.05, 4.69) is 20.6 Å². The van der Waals surface area contributed by atoms with Crippen LogP contribution in [0, 0.1) is 5.21 Å². The molecular weight excluding hydrogens is 809 g/mol. The average Bonchev–Trinajstić information content (AvgIpc) is 3.87. The molecule has 14 nitrogen and oxygen atoms in total. The molecule has 60 heavy (non-hydrogen) atoms. The summed E-state index contributed by atoms with van der Waals surface area (Å²) < 4.78 is 22.2. The summed E-state index contributed by atoms with van der Waals surface area (Å²) in [6, 6.07) is 11.6. The number of hydrogen-bond donors (Lipinski definition) is 4. The van der Waals surface area contributed by atoms with Crippen LogP contribution >= 0.6 is 24.8 Å². The fourth-order valence-electron chi connectivity index (χ4n) is 7.52. The zero-order valence-electron chi connectivity index (χ0n) is 35.8. The Morgan fingerprint density at radius 2 is 1.50 bits per heavy atom. The van der Waals surface area contributed by atoms with Crippen molar-refractivity contribution in [3.63, 3.8) is 0 Å². The number of nitrogen functional groups attached to an aromatic ring is 1. The smallest absolute Gasteiger partial charge is 0.408 e. The second-order valence-corrected chi connectivity index (χ2v) is 16.7. The first-order valence-corrected chi connectivity index (χ1v) is 19.8. The molecule has 1 amide bonds. The number of benzene rings is 1. The van der Waals surface area contributed by atoms with Gasteiger partial charge in [0.05, 0.1) is 26.7 Å². The number of pyridine rings is 3. The van der Waals surface area contributed by atoms with Crippen LogP contribution in [0.4, 0.5) is 16.4 Å². The molecule has 3 heterocycles. The summed E-state index contributed by atoms with van der Waals surface area (Å²) in [5.74, 6) is 2.89. The van der Waals surface area contributed by atoms with E-state index in [0.29, 0.717) is 18.8 Å². The normalized spacial score (nSPS) is 17.0. The van der Waals surface area contributed by atoms with Crippen molar-refractivity contribution < 1.29 is 33.3 Å². The lowest BCUT2D eigenvalue weighted by Crippen LogP contribution is -2.35. The van der Waals surface area contributed by atoms with E-state index in [1.165, 1.54) is 23.5 Å². The number of alkyl carbamates (subject to hydrolysis) is 1. The molecule has 4 aromatic rings. The van der Waals surface area contributed by atoms with Crippen LogP contribution in [-0.2, 0) is 40.1 Å². The maximum Gasteiger partial charge on any atom is 0.408 e. The zero-order valence-corrected chi connectivity index (χ0v) is 37.5. The minimum absolute atomic E-state index is 0. The molecule has 1 aromatic carbocycles. The minimum Gasteiger partial charge on any atom is -0.619 e. The standard InChI is InChI=1S/C23H30N2O4.C13H18N2O3.C8H11N3.2ClH/c1-23(2,3)29-20(26)12-16-7-6-15-10-11-24-22(21(15)16)25-14-17-8-9-18(27-4)13-19(17)28-5;1-13(2,3)18-12(16)14-11-5-4-9-6-7-15(17)8-10(9)11;9-6-2-1-5-3-4-11-8(10)7(5)6;;/h8-11,13,16H,6-7,12,14H2,1-5H3,(H,24,25);6-8,11H,4-5H2,1-3H3,(H,14,16);3-4,6H,1-2,9H2,(H2,10,11);2*1H. The van der Waals surface area contributed by atoms with E-state index in [1.54, 1.807) is 26.5 Å². The summed E-state index contributed by atoms with van der Waals surface area (Å²) >= 11 is 0. The number of nitrogens with zero attached hydrogens (tertiary/aromatic N) is 3. The van der Waals surface area contributed by atoms with Crippen LogP contribution in [0.5, 0.6) is 11.5 Å². The number of nitrogens with two attached hydrogens (primary N) is 2. The fraction of sp³-hybridized carbons (Fsp3) is 0.477. The molecular formula is C44H61Cl2N7O7. The van der Waals surface area contributed by atoms with E-state index in [9.17, 15) is 14.8 Å². The highest BCUT2D eigenvalue weighted by Gasteiger charge is 2.31. The molecule has 0 radical (unpaired) electrons. The predicted molar refractivity (Wildman–Crippen MR) is 237 cm³/mol. The highest BCUT2D eigenvalue weighted by atomic mass is 35.5. The van der Waals surface area contributed by atoms with Crippen LogP contribution in [0.25, 0.3) is 0 Å². The first-order valence-electron chi connectivity index (χ1n) is 19.8. The van der Waals surface area contributed by atoms with Crippen molar-refractivity contribution >= 4 is 48.5 Å². The van der Waals surface area contributed by atoms with Gasteiger partial charge in [-0.2, -0.15) is 4.73 Å². The number of hydrogen-bond acceptors (Lipinski definition) is 12. The lowest BCUT2D eigenvalue weighted by atomic mass is 9.98. The maximum absolute atomic E-state index is 12.4. The predicted octanol–water partition coefficient (Wildman–Crippen LogP) is 7.76. The molecule has 0 spiro atoms. The zero-order chi connectivity index (χ0) is 42.2. The van der Waals surface area contributed by atoms with E-state index in [0.717, 1.165) is 88.4 Å². The van der Waals surface area contributed by atoms with Crippen molar-refractivity contribution in [2.75, 3.05) is 25.3 Å². The molecule has 328 valence electrons. The largest absolute Gasteiger partial charge is 0.619 e. The lowest BCUT2D eigenvalue weighted by Gasteiger charge is -2.22. The van der Waals surface area contributed by atoms with Crippen LogP contribution in [0.2, 0.25) is 0 Å². The number of aromatic nitrogens is 3. The van der Waals surface area contributed by atoms with Gasteiger partial charge < -0.3 is 46.3 Å². The summed E-state index contributed by atoms with van der Waals surface area (Å²) in [6.07, 6.45) is 12.1. The average molecular weight is 871 g/mol. The molecule has 0 aliphatic heterocycles. The molecule has 16 heteroatoms. The van der Waals surface area contributed by atoms with E-state index < -0.39 is 17.3 Å². The van der Waals surface area contributed by atoms with Crippen LogP contribution in [0.3, 0.4) is 0 Å². The van der Waals surface area contributed by atoms with Gasteiger partial charge in [-0.15, -0.1) is 24.8 Å². The lowest BCUT2D eigenvalue weighted by molar-refractivity contribution is -0.606. The first-order chi connectivity index (χ1) is 27.4. The summed E-state index contributed by atoms with van der Waals surface area (Å²) in [6.45, 7) is 11.7. The van der Waals surface area contributed by atoms with Gasteiger partial charge in [-0.25, -0.2) is 14.8 Å². The highest BCUT2D eigenvalue weighted by molar-refractivity contribution is 5.85. The maximum atomic E-state index is 12.4. The molecule has 3 aromatic heterocycles. The molecule has 6 N–H and O–H groups in total. The Bertz CT molecular complexity index is 2070. The van der Waals surface area contributed by atoms with Crippen molar-refractivity contribution in [3.8, 4) is 11.5 Å². The van der Waals surface area contributed by atoms with Crippen LogP contribution in [0.15, 0.2) is 61.2 Å². The Morgan fingerprint density at radius 1 is 0.850 bits per heavy atom. The summed E-state index contributed by atoms with van der Waals surface area (Å²) in [5.41, 5.74) is 18.2. The number of carbonyl (C=O) groups is 2. The van der Waals surface area contributed by atoms with Gasteiger partial charge in [0.15, 0.2) is 12.4 Å². The van der Waals surface area contributed by atoms with Crippen molar-refractivity contribution in [1.82, 2.24) is 15.3 Å². The van der Waals surface area contributed by atoms with Gasteiger partial charge in [0.25, 0.3) is 0 Å². The Morgan fingerprint density at radius 3 is 2.15 bits per heavy atom. The Labute approximate surface area is 365 Å². The Balaban J connectivity index is 0.000000263. The number of methoxy groups -OCH3 is 2. The number of carbonyl (C=O) groups excluding carboxylic acids is 2. The fourth-order valence-corrected chi connectivity index (χ4v) is 7.52. The van der Waals surface area contributed by atoms with Gasteiger partial charge in [0, 0.05) is 59.4 Å². The number of amides is 1. The third-order valence-corrected chi connectivity index (χ3v) is 10.1. The summed E-state index contributed by atoms with van der Waals surface area (Å²) in [5, 5.41) is 17.5. The Hall–Kier alpha value is -5.05. The molecule has 0 saturated heterocycles. The second kappa shape index (κ2) is 21.5. The van der Waals surface area contributed by atoms with E-state index in [1.807, 2.05) is 78.1 Å². The van der Waals surface area contributed by atoms with Crippen molar-refractivity contribution in [2.24, 2.45) is 5.73 Å². The molecule has 3 aliphatic rings. The molecule has 7 rings (SSSR count). The van der Waals surface area contributed by atoms with Gasteiger partial charge >= 0.3 is 12.1 Å². The summed E-state index contributed by atoms with van der Waals surface area (Å²) in [7, 11) is 3.28. The first kappa shape index (κ1) is 49.3. The number of rotatable bonds is 8. The van der Waals surface area contributed by atoms with E-state index >= 15 is 0 Å². The number of nitrogens with one attached hydrogen (secondary N) is 2. The molecule has 0 bridgehead atoms. The van der Waals surface area contributed by atoms with Gasteiger partial charge in [-0.05, 0) is 127 Å². The Kier molecular flexibility index (Phi) is 17.6. The molecule has 3 aliphatic carbocycles. The van der Waals surface area contributed by atoms with E-state index in [4.69, 9.17) is 30.4 Å². The van der Waals surface area contributed by atoms with Gasteiger partial charge in [0.2, 0.25) is 0 Å². The third kappa shape index (κ3) is 13.5. The second-order valence-electron chi connectivity index (χ2n) is 16.7. The molecule has 3 atom stereocenters. The molecule has 0 saturated carbocycles. The molecule has 3 unspecified atom stereocenters. The van der Waals surface area contributed by atoms with E-state index in [-0.39, 0.29) is 48.8 Å². The minimum atomic E-state index is -0.513. The number of anilines is 2. The highest BCUT2D eigenvalue weighted by Crippen LogP contribution is 2.40. The SMILES string of the molecule is CC(C)(C)OC(=O)NC1CCc2cc[n+]([O-])cc21.COc1ccc(CNc2nccc3c2C(CC(=O)OC(C)(C)C)CC3)c(OC)c1.Cl.Cl.Nc1nccc2c1C(N)CC2. The van der Waals surface area contributed by atoms with Gasteiger partial charge in [0.1, 0.15) is 34.3 Å². The van der Waals surface area contributed by atoms with Gasteiger partial charge in [-0.3, -0.25) is 4.79 Å². The topological polar surface area (TPSA) is 200 Å². The number of esters is 1. The molecule has 0 fully saturated rings. The third-order valence-electron chi connectivity index (χ3n) is 10.1. The monoisotopic (exact) mass is 869 g/mol. The number of aryl methyl sites for hydroxylation is 3. The van der Waals surface area contributed by atoms with Crippen molar-refractivity contribution in [2.45, 2.75) is 122 Å². The summed E-state index contributed by atoms with van der Waals surface area (Å²) in [4.78, 5) is 32.6. The number of fused-ring (bicyclic) bond motifs is 3. The number of ether oxygens (including phenoxy) is 4. The van der Waals surface area contributed by atoms with Crippen molar-refractivity contribution in [3.05, 3.63) is 105 Å². The number of halogens is 2. The van der Waals surface area contributed by atoms with Crippen LogP contribution in [-0.4, -0.2) is 47.5 Å². The van der Waals surface area contributed by atoms with Gasteiger partial charge in [-0.1, -0.05) is 0 Å². The quantitative estimate of drug-likeness (QED) is 0.0764. The van der Waals surface area contributed by atoms with Crippen LogP contribution < -0.4 is 36.3 Å². The van der Waals surface area contributed by atoms with Crippen LogP contribution in [0.1, 0.15) is 124 Å². The van der Waals surface area contributed by atoms with Crippen molar-refractivity contribution in [1.29, 1.82) is 0 Å².